The first-order chi connectivity index (χ1) is 11.4. The van der Waals surface area contributed by atoms with Crippen LogP contribution in [0.1, 0.15) is 0 Å². The second-order valence-electron chi connectivity index (χ2n) is 4.68. The molecule has 3 aromatic carbocycles. The van der Waals surface area contributed by atoms with E-state index in [1.807, 2.05) is 0 Å². The summed E-state index contributed by atoms with van der Waals surface area (Å²) in [5, 5.41) is 11.8. The summed E-state index contributed by atoms with van der Waals surface area (Å²) in [4.78, 5) is 0. The van der Waals surface area contributed by atoms with Gasteiger partial charge in [0.15, 0.2) is 0 Å². The molecule has 1 nitrogen and oxygen atoms in total. The van der Waals surface area contributed by atoms with Crippen LogP contribution >= 0.6 is 7.92 Å². The Bertz CT molecular complexity index is 630. The smallest absolute Gasteiger partial charge is 0.691 e. The van der Waals surface area contributed by atoms with Gasteiger partial charge in [0, 0.05) is 0 Å². The van der Waals surface area contributed by atoms with E-state index < -0.39 is 7.92 Å². The largest absolute Gasteiger partial charge is 1.00 e. The standard InChI is InChI=1S/C18H15P.C3H3O.Au/c1-4-10-16(11-5-1)19(17-12-6-2-7-13-17)18-14-8-3-9-15-18;1-2-3-4;/h1-15H;4H,3H2;/q;-1;+1. The summed E-state index contributed by atoms with van der Waals surface area (Å²) in [6, 6.07) is 32.3. The Morgan fingerprint density at radius 3 is 1.12 bits per heavy atom. The van der Waals surface area contributed by atoms with Gasteiger partial charge in [0.05, 0.1) is 6.61 Å². The number of aliphatic hydroxyl groups is 1. The first kappa shape index (κ1) is 20.4. The predicted molar refractivity (Wildman–Crippen MR) is 99.4 cm³/mol. The normalized spacial score (nSPS) is 9.21. The summed E-state index contributed by atoms with van der Waals surface area (Å²) in [6.45, 7) is -0.264. The van der Waals surface area contributed by atoms with Gasteiger partial charge in [-0.15, -0.1) is 0 Å². The van der Waals surface area contributed by atoms with Crippen molar-refractivity contribution in [3.63, 3.8) is 0 Å². The quantitative estimate of drug-likeness (QED) is 0.247. The zero-order valence-electron chi connectivity index (χ0n) is 13.1. The Morgan fingerprint density at radius 2 is 0.917 bits per heavy atom. The maximum absolute atomic E-state index is 7.58. The molecule has 3 rings (SSSR count). The summed E-state index contributed by atoms with van der Waals surface area (Å²) < 4.78 is 0. The Balaban J connectivity index is 0.000000522. The first-order valence-corrected chi connectivity index (χ1v) is 8.66. The van der Waals surface area contributed by atoms with E-state index in [0.29, 0.717) is 0 Å². The summed E-state index contributed by atoms with van der Waals surface area (Å²) in [7, 11) is -0.446. The minimum atomic E-state index is -0.446. The third-order valence-corrected chi connectivity index (χ3v) is 5.57. The molecule has 0 amide bonds. The van der Waals surface area contributed by atoms with E-state index in [1.165, 1.54) is 15.9 Å². The zero-order valence-corrected chi connectivity index (χ0v) is 16.1. The Kier molecular flexibility index (Phi) is 10.0. The van der Waals surface area contributed by atoms with Crippen molar-refractivity contribution >= 4 is 23.8 Å². The van der Waals surface area contributed by atoms with Gasteiger partial charge in [0.2, 0.25) is 0 Å². The minimum absolute atomic E-state index is 0. The Hall–Kier alpha value is -1.65. The molecular weight excluding hydrogens is 496 g/mol. The van der Waals surface area contributed by atoms with E-state index in [1.54, 1.807) is 5.92 Å². The van der Waals surface area contributed by atoms with Crippen LogP contribution in [0.15, 0.2) is 91.0 Å². The van der Waals surface area contributed by atoms with E-state index in [0.717, 1.165) is 0 Å². The van der Waals surface area contributed by atoms with Gasteiger partial charge in [-0.1, -0.05) is 91.0 Å². The van der Waals surface area contributed by atoms with Crippen LogP contribution in [0.4, 0.5) is 0 Å². The van der Waals surface area contributed by atoms with Crippen LogP contribution in [-0.2, 0) is 22.4 Å². The van der Waals surface area contributed by atoms with E-state index in [-0.39, 0.29) is 29.0 Å². The molecule has 0 bridgehead atoms. The van der Waals surface area contributed by atoms with Gasteiger partial charge in [-0.2, -0.15) is 0 Å². The molecule has 0 aromatic heterocycles. The molecule has 0 saturated carbocycles. The molecule has 0 fully saturated rings. The number of aliphatic hydroxyl groups excluding tert-OH is 1. The monoisotopic (exact) mass is 514 g/mol. The molecule has 24 heavy (non-hydrogen) atoms. The van der Waals surface area contributed by atoms with Crippen molar-refractivity contribution in [3.05, 3.63) is 97.4 Å². The van der Waals surface area contributed by atoms with Gasteiger partial charge >= 0.3 is 22.4 Å². The molecule has 3 aromatic rings. The van der Waals surface area contributed by atoms with Crippen molar-refractivity contribution in [2.24, 2.45) is 0 Å². The van der Waals surface area contributed by atoms with E-state index in [4.69, 9.17) is 11.5 Å². The Morgan fingerprint density at radius 1 is 0.667 bits per heavy atom. The molecule has 0 aliphatic carbocycles. The summed E-state index contributed by atoms with van der Waals surface area (Å²) >= 11 is 0. The summed E-state index contributed by atoms with van der Waals surface area (Å²) in [5.41, 5.74) is 0. The number of benzene rings is 3. The number of rotatable bonds is 3. The second kappa shape index (κ2) is 11.8. The van der Waals surface area contributed by atoms with Crippen LogP contribution in [0, 0.1) is 12.3 Å². The summed E-state index contributed by atoms with van der Waals surface area (Å²) in [5.74, 6) is 1.74. The molecule has 0 aliphatic rings. The van der Waals surface area contributed by atoms with Crippen LogP contribution < -0.4 is 15.9 Å². The van der Waals surface area contributed by atoms with Gasteiger partial charge in [0.25, 0.3) is 0 Å². The SMILES string of the molecule is [Au+].[C-]#CCO.c1ccc(P(c2ccccc2)c2ccccc2)cc1. The van der Waals surface area contributed by atoms with E-state index in [2.05, 4.69) is 91.0 Å². The van der Waals surface area contributed by atoms with Gasteiger partial charge in [-0.3, -0.25) is 0 Å². The van der Waals surface area contributed by atoms with Crippen LogP contribution in [0.5, 0.6) is 0 Å². The molecule has 0 unspecified atom stereocenters. The maximum Gasteiger partial charge on any atom is 1.00 e. The first-order valence-electron chi connectivity index (χ1n) is 7.32. The van der Waals surface area contributed by atoms with Gasteiger partial charge in [-0.25, -0.2) is 0 Å². The Labute approximate surface area is 161 Å². The van der Waals surface area contributed by atoms with E-state index >= 15 is 0 Å². The molecular formula is C21H18AuOP. The van der Waals surface area contributed by atoms with Crippen molar-refractivity contribution in [1.29, 1.82) is 0 Å². The molecule has 124 valence electrons. The molecule has 0 radical (unpaired) electrons. The average Bonchev–Trinajstić information content (AvgIpc) is 2.65. The summed E-state index contributed by atoms with van der Waals surface area (Å²) in [6.07, 6.45) is 5.95. The van der Waals surface area contributed by atoms with Crippen LogP contribution in [0.3, 0.4) is 0 Å². The molecule has 0 heterocycles. The molecule has 0 aliphatic heterocycles. The number of hydrogen-bond acceptors (Lipinski definition) is 1. The van der Waals surface area contributed by atoms with Gasteiger partial charge in [-0.05, 0) is 23.8 Å². The van der Waals surface area contributed by atoms with Crippen molar-refractivity contribution in [1.82, 2.24) is 0 Å². The van der Waals surface area contributed by atoms with Crippen LogP contribution in [0.2, 0.25) is 0 Å². The fourth-order valence-electron chi connectivity index (χ4n) is 2.18. The number of hydrogen-bond donors (Lipinski definition) is 1. The predicted octanol–water partition coefficient (Wildman–Crippen LogP) is 3.01. The zero-order chi connectivity index (χ0) is 16.3. The van der Waals surface area contributed by atoms with Crippen molar-refractivity contribution in [2.45, 2.75) is 0 Å². The fraction of sp³-hybridized carbons (Fsp3) is 0.0476. The van der Waals surface area contributed by atoms with Crippen molar-refractivity contribution in [2.75, 3.05) is 6.61 Å². The van der Waals surface area contributed by atoms with Crippen molar-refractivity contribution in [3.8, 4) is 5.92 Å². The third-order valence-electron chi connectivity index (χ3n) is 3.12. The van der Waals surface area contributed by atoms with Crippen molar-refractivity contribution < 1.29 is 27.5 Å². The minimum Gasteiger partial charge on any atom is -0.691 e. The van der Waals surface area contributed by atoms with E-state index in [9.17, 15) is 0 Å². The molecule has 0 spiro atoms. The van der Waals surface area contributed by atoms with Crippen LogP contribution in [-0.4, -0.2) is 11.7 Å². The third kappa shape index (κ3) is 6.10. The maximum atomic E-state index is 7.58. The van der Waals surface area contributed by atoms with Gasteiger partial charge in [0.1, 0.15) is 0 Å². The van der Waals surface area contributed by atoms with Crippen LogP contribution in [0.25, 0.3) is 0 Å². The molecule has 0 atom stereocenters. The molecule has 0 saturated heterocycles. The fourth-order valence-corrected chi connectivity index (χ4v) is 4.48. The van der Waals surface area contributed by atoms with Gasteiger partial charge < -0.3 is 17.5 Å². The average molecular weight is 514 g/mol. The molecule has 3 heteroatoms. The molecule has 1 N–H and O–H groups in total. The second-order valence-corrected chi connectivity index (χ2v) is 6.90. The topological polar surface area (TPSA) is 20.2 Å².